The molecule has 0 spiro atoms. The molecule has 0 aromatic heterocycles. The van der Waals surface area contributed by atoms with E-state index in [4.69, 9.17) is 5.73 Å². The zero-order chi connectivity index (χ0) is 12.4. The topological polar surface area (TPSA) is 38.0 Å². The summed E-state index contributed by atoms with van der Waals surface area (Å²) in [5, 5.41) is 3.37. The van der Waals surface area contributed by atoms with Gasteiger partial charge in [-0.15, -0.1) is 0 Å². The van der Waals surface area contributed by atoms with Gasteiger partial charge in [0.05, 0.1) is 11.4 Å². The van der Waals surface area contributed by atoms with E-state index >= 15 is 0 Å². The Morgan fingerprint density at radius 1 is 1.06 bits per heavy atom. The van der Waals surface area contributed by atoms with Crippen molar-refractivity contribution in [1.82, 2.24) is 0 Å². The lowest BCUT2D eigenvalue weighted by Gasteiger charge is -2.13. The molecule has 88 valence electrons. The van der Waals surface area contributed by atoms with E-state index in [1.165, 1.54) is 11.1 Å². The van der Waals surface area contributed by atoms with E-state index in [0.717, 1.165) is 21.5 Å². The Hall–Kier alpha value is -1.48. The van der Waals surface area contributed by atoms with Crippen LogP contribution in [0.2, 0.25) is 0 Å². The maximum absolute atomic E-state index is 5.94. The molecule has 0 bridgehead atoms. The van der Waals surface area contributed by atoms with Crippen LogP contribution in [0.5, 0.6) is 0 Å². The van der Waals surface area contributed by atoms with Gasteiger partial charge >= 0.3 is 0 Å². The van der Waals surface area contributed by atoms with Gasteiger partial charge in [0.15, 0.2) is 0 Å². The Bertz CT molecular complexity index is 550. The largest absolute Gasteiger partial charge is 0.397 e. The fraction of sp³-hybridized carbons (Fsp3) is 0.143. The van der Waals surface area contributed by atoms with Crippen LogP contribution in [0.1, 0.15) is 11.1 Å². The van der Waals surface area contributed by atoms with E-state index in [2.05, 4.69) is 47.2 Å². The third-order valence-electron chi connectivity index (χ3n) is 2.89. The molecule has 0 atom stereocenters. The van der Waals surface area contributed by atoms with Crippen LogP contribution in [0.25, 0.3) is 0 Å². The van der Waals surface area contributed by atoms with Gasteiger partial charge in [-0.05, 0) is 49.2 Å². The molecule has 0 saturated carbocycles. The van der Waals surface area contributed by atoms with Crippen molar-refractivity contribution in [3.63, 3.8) is 0 Å². The van der Waals surface area contributed by atoms with Crippen molar-refractivity contribution in [1.29, 1.82) is 0 Å². The standard InChI is InChI=1S/C14H15BrN2/c1-9-4-3-5-13(10(9)2)17-14-8-11(15)6-7-12(14)16/h3-8,17H,16H2,1-2H3. The van der Waals surface area contributed by atoms with E-state index in [1.54, 1.807) is 0 Å². The predicted octanol–water partition coefficient (Wildman–Crippen LogP) is 4.39. The van der Waals surface area contributed by atoms with Crippen LogP contribution in [-0.4, -0.2) is 0 Å². The summed E-state index contributed by atoms with van der Waals surface area (Å²) in [6, 6.07) is 12.0. The molecule has 3 N–H and O–H groups in total. The van der Waals surface area contributed by atoms with Crippen LogP contribution < -0.4 is 11.1 Å². The molecule has 0 aliphatic heterocycles. The Morgan fingerprint density at radius 2 is 1.82 bits per heavy atom. The summed E-state index contributed by atoms with van der Waals surface area (Å²) in [6.45, 7) is 4.20. The number of hydrogen-bond acceptors (Lipinski definition) is 2. The van der Waals surface area contributed by atoms with Gasteiger partial charge in [0.25, 0.3) is 0 Å². The Kier molecular flexibility index (Phi) is 3.38. The molecule has 0 saturated heterocycles. The third-order valence-corrected chi connectivity index (χ3v) is 3.38. The first kappa shape index (κ1) is 12.0. The Morgan fingerprint density at radius 3 is 2.59 bits per heavy atom. The quantitative estimate of drug-likeness (QED) is 0.805. The first-order valence-corrected chi connectivity index (χ1v) is 6.25. The third kappa shape index (κ3) is 2.61. The number of benzene rings is 2. The highest BCUT2D eigenvalue weighted by Crippen LogP contribution is 2.28. The summed E-state index contributed by atoms with van der Waals surface area (Å²) >= 11 is 3.45. The fourth-order valence-electron chi connectivity index (χ4n) is 1.67. The number of nitrogens with two attached hydrogens (primary N) is 1. The highest BCUT2D eigenvalue weighted by atomic mass is 79.9. The van der Waals surface area contributed by atoms with Crippen LogP contribution in [0.4, 0.5) is 17.1 Å². The van der Waals surface area contributed by atoms with Crippen molar-refractivity contribution < 1.29 is 0 Å². The van der Waals surface area contributed by atoms with Crippen molar-refractivity contribution in [3.8, 4) is 0 Å². The molecule has 2 aromatic rings. The number of hydrogen-bond donors (Lipinski definition) is 2. The minimum Gasteiger partial charge on any atom is -0.397 e. The van der Waals surface area contributed by atoms with Gasteiger partial charge in [-0.3, -0.25) is 0 Å². The highest BCUT2D eigenvalue weighted by Gasteiger charge is 2.04. The fourth-order valence-corrected chi connectivity index (χ4v) is 2.03. The molecule has 0 heterocycles. The molecule has 0 fully saturated rings. The highest BCUT2D eigenvalue weighted by molar-refractivity contribution is 9.10. The number of halogens is 1. The maximum Gasteiger partial charge on any atom is 0.0629 e. The zero-order valence-electron chi connectivity index (χ0n) is 9.92. The van der Waals surface area contributed by atoms with Crippen LogP contribution in [0.15, 0.2) is 40.9 Å². The van der Waals surface area contributed by atoms with Crippen molar-refractivity contribution in [2.24, 2.45) is 0 Å². The summed E-state index contributed by atoms with van der Waals surface area (Å²) in [5.74, 6) is 0. The van der Waals surface area contributed by atoms with Crippen molar-refractivity contribution in [2.75, 3.05) is 11.1 Å². The maximum atomic E-state index is 5.94. The molecule has 3 heteroatoms. The zero-order valence-corrected chi connectivity index (χ0v) is 11.5. The second-order valence-electron chi connectivity index (χ2n) is 4.10. The average Bonchev–Trinajstić information content (AvgIpc) is 2.30. The summed E-state index contributed by atoms with van der Waals surface area (Å²) < 4.78 is 1.01. The van der Waals surface area contributed by atoms with Gasteiger partial charge in [0.1, 0.15) is 0 Å². The predicted molar refractivity (Wildman–Crippen MR) is 77.8 cm³/mol. The monoisotopic (exact) mass is 290 g/mol. The smallest absolute Gasteiger partial charge is 0.0629 e. The Balaban J connectivity index is 2.38. The van der Waals surface area contributed by atoms with Crippen LogP contribution in [0.3, 0.4) is 0 Å². The lowest BCUT2D eigenvalue weighted by molar-refractivity contribution is 1.33. The number of anilines is 3. The molecule has 0 aliphatic carbocycles. The minimum atomic E-state index is 0.745. The van der Waals surface area contributed by atoms with Gasteiger partial charge in [-0.1, -0.05) is 28.1 Å². The van der Waals surface area contributed by atoms with Crippen molar-refractivity contribution in [3.05, 3.63) is 52.0 Å². The SMILES string of the molecule is Cc1cccc(Nc2cc(Br)ccc2N)c1C. The average molecular weight is 291 g/mol. The Labute approximate surface area is 110 Å². The summed E-state index contributed by atoms with van der Waals surface area (Å²) in [6.07, 6.45) is 0. The number of aryl methyl sites for hydroxylation is 1. The van der Waals surface area contributed by atoms with Crippen LogP contribution in [-0.2, 0) is 0 Å². The first-order valence-electron chi connectivity index (χ1n) is 5.46. The van der Waals surface area contributed by atoms with Crippen molar-refractivity contribution >= 4 is 33.0 Å². The molecule has 0 amide bonds. The van der Waals surface area contributed by atoms with E-state index < -0.39 is 0 Å². The normalized spacial score (nSPS) is 10.3. The van der Waals surface area contributed by atoms with Gasteiger partial charge in [0, 0.05) is 10.2 Å². The van der Waals surface area contributed by atoms with Gasteiger partial charge < -0.3 is 11.1 Å². The van der Waals surface area contributed by atoms with E-state index in [0.29, 0.717) is 0 Å². The first-order chi connectivity index (χ1) is 8.08. The van der Waals surface area contributed by atoms with Gasteiger partial charge in [0.2, 0.25) is 0 Å². The molecule has 2 rings (SSSR count). The van der Waals surface area contributed by atoms with Crippen LogP contribution >= 0.6 is 15.9 Å². The van der Waals surface area contributed by atoms with E-state index in [1.807, 2.05) is 24.3 Å². The van der Waals surface area contributed by atoms with Crippen molar-refractivity contribution in [2.45, 2.75) is 13.8 Å². The van der Waals surface area contributed by atoms with E-state index in [-0.39, 0.29) is 0 Å². The lowest BCUT2D eigenvalue weighted by atomic mass is 10.1. The van der Waals surface area contributed by atoms with Crippen LogP contribution in [0, 0.1) is 13.8 Å². The number of rotatable bonds is 2. The molecular weight excluding hydrogens is 276 g/mol. The van der Waals surface area contributed by atoms with Gasteiger partial charge in [-0.2, -0.15) is 0 Å². The molecular formula is C14H15BrN2. The second kappa shape index (κ2) is 4.80. The number of nitrogen functional groups attached to an aromatic ring is 1. The summed E-state index contributed by atoms with van der Waals surface area (Å²) in [7, 11) is 0. The summed E-state index contributed by atoms with van der Waals surface area (Å²) in [4.78, 5) is 0. The lowest BCUT2D eigenvalue weighted by Crippen LogP contribution is -1.98. The number of nitrogens with one attached hydrogen (secondary N) is 1. The molecule has 0 aliphatic rings. The molecule has 2 nitrogen and oxygen atoms in total. The molecule has 17 heavy (non-hydrogen) atoms. The minimum absolute atomic E-state index is 0.745. The summed E-state index contributed by atoms with van der Waals surface area (Å²) in [5.41, 5.74) is 11.2. The molecule has 0 unspecified atom stereocenters. The van der Waals surface area contributed by atoms with Gasteiger partial charge in [-0.25, -0.2) is 0 Å². The molecule has 2 aromatic carbocycles. The van der Waals surface area contributed by atoms with E-state index in [9.17, 15) is 0 Å². The molecule has 0 radical (unpaired) electrons. The second-order valence-corrected chi connectivity index (χ2v) is 5.02.